The van der Waals surface area contributed by atoms with E-state index in [1.165, 1.54) is 7.05 Å². The van der Waals surface area contributed by atoms with Gasteiger partial charge in [-0.05, 0) is 0 Å². The molecule has 2 N–H and O–H groups in total. The predicted molar refractivity (Wildman–Crippen MR) is 66.9 cm³/mol. The number of nitrogens with one attached hydrogen (secondary N) is 2. The van der Waals surface area contributed by atoms with Gasteiger partial charge in [-0.15, -0.1) is 0 Å². The van der Waals surface area contributed by atoms with E-state index in [0.29, 0.717) is 0 Å². The van der Waals surface area contributed by atoms with Gasteiger partial charge in [0.1, 0.15) is 11.3 Å². The van der Waals surface area contributed by atoms with Crippen LogP contribution >= 0.6 is 11.6 Å². The smallest absolute Gasteiger partial charge is 0.288 e. The molecule has 0 aliphatic heterocycles. The van der Waals surface area contributed by atoms with Crippen LogP contribution in [0, 0.1) is 10.1 Å². The van der Waals surface area contributed by atoms with Crippen molar-refractivity contribution >= 4 is 29.1 Å². The Morgan fingerprint density at radius 2 is 2.21 bits per heavy atom. The first-order valence-electron chi connectivity index (χ1n) is 5.24. The molecule has 1 aromatic rings. The number of nitro groups is 1. The summed E-state index contributed by atoms with van der Waals surface area (Å²) in [5.41, 5.74) is -0.436. The minimum absolute atomic E-state index is 0.0948. The second-order valence-corrected chi connectivity index (χ2v) is 3.83. The van der Waals surface area contributed by atoms with Crippen molar-refractivity contribution in [3.8, 4) is 0 Å². The number of hydrogen-bond acceptors (Lipinski definition) is 5. The first kappa shape index (κ1) is 14.8. The van der Waals surface area contributed by atoms with E-state index in [1.54, 1.807) is 0 Å². The van der Waals surface area contributed by atoms with Crippen molar-refractivity contribution in [2.24, 2.45) is 0 Å². The molecule has 2 amide bonds. The van der Waals surface area contributed by atoms with Crippen molar-refractivity contribution in [1.82, 2.24) is 15.6 Å². The highest BCUT2D eigenvalue weighted by Gasteiger charge is 2.16. The van der Waals surface area contributed by atoms with E-state index in [0.717, 1.165) is 12.3 Å². The van der Waals surface area contributed by atoms with Gasteiger partial charge in [-0.25, -0.2) is 4.98 Å². The number of aromatic nitrogens is 1. The average molecular weight is 287 g/mol. The summed E-state index contributed by atoms with van der Waals surface area (Å²) in [7, 11) is 1.48. The molecule has 102 valence electrons. The van der Waals surface area contributed by atoms with Crippen LogP contribution in [0.25, 0.3) is 0 Å². The molecule has 1 aromatic heterocycles. The third-order valence-corrected chi connectivity index (χ3v) is 2.50. The van der Waals surface area contributed by atoms with Crippen molar-refractivity contribution in [1.29, 1.82) is 0 Å². The maximum atomic E-state index is 11.7. The van der Waals surface area contributed by atoms with E-state index in [4.69, 9.17) is 11.6 Å². The van der Waals surface area contributed by atoms with E-state index in [2.05, 4.69) is 15.6 Å². The zero-order chi connectivity index (χ0) is 14.4. The number of nitrogens with zero attached hydrogens (tertiary/aromatic N) is 2. The van der Waals surface area contributed by atoms with Crippen LogP contribution in [0.5, 0.6) is 0 Å². The lowest BCUT2D eigenvalue weighted by molar-refractivity contribution is -0.385. The van der Waals surface area contributed by atoms with E-state index < -0.39 is 10.8 Å². The van der Waals surface area contributed by atoms with Gasteiger partial charge in [0.05, 0.1) is 10.5 Å². The van der Waals surface area contributed by atoms with Crippen molar-refractivity contribution in [3.63, 3.8) is 0 Å². The normalized spacial score (nSPS) is 9.79. The molecule has 0 saturated heterocycles. The Balaban J connectivity index is 2.73. The molecule has 19 heavy (non-hydrogen) atoms. The molecule has 0 atom stereocenters. The van der Waals surface area contributed by atoms with Gasteiger partial charge >= 0.3 is 0 Å². The van der Waals surface area contributed by atoms with Crippen molar-refractivity contribution < 1.29 is 14.5 Å². The van der Waals surface area contributed by atoms with E-state index in [-0.39, 0.29) is 35.3 Å². The first-order chi connectivity index (χ1) is 8.95. The maximum Gasteiger partial charge on any atom is 0.288 e. The molecule has 8 nitrogen and oxygen atoms in total. The molecule has 0 unspecified atom stereocenters. The quantitative estimate of drug-likeness (QED) is 0.465. The fraction of sp³-hybridized carbons (Fsp3) is 0.300. The second-order valence-electron chi connectivity index (χ2n) is 3.47. The van der Waals surface area contributed by atoms with Crippen LogP contribution in [-0.4, -0.2) is 35.3 Å². The molecule has 0 aromatic carbocycles. The highest BCUT2D eigenvalue weighted by Crippen LogP contribution is 2.18. The van der Waals surface area contributed by atoms with Gasteiger partial charge in [-0.2, -0.15) is 0 Å². The molecule has 1 rings (SSSR count). The highest BCUT2D eigenvalue weighted by atomic mass is 35.5. The van der Waals surface area contributed by atoms with Gasteiger partial charge < -0.3 is 10.6 Å². The summed E-state index contributed by atoms with van der Waals surface area (Å²) in [6.45, 7) is 0.0948. The summed E-state index contributed by atoms with van der Waals surface area (Å²) in [4.78, 5) is 36.1. The number of halogens is 1. The molecule has 1 heterocycles. The van der Waals surface area contributed by atoms with Crippen LogP contribution in [0.1, 0.15) is 16.8 Å². The molecule has 0 fully saturated rings. The van der Waals surface area contributed by atoms with E-state index >= 15 is 0 Å². The zero-order valence-electron chi connectivity index (χ0n) is 9.97. The van der Waals surface area contributed by atoms with E-state index in [1.807, 2.05) is 0 Å². The van der Waals surface area contributed by atoms with Crippen LogP contribution in [0.4, 0.5) is 5.69 Å². The fourth-order valence-corrected chi connectivity index (χ4v) is 1.40. The Hall–Kier alpha value is -2.22. The minimum Gasteiger partial charge on any atom is -0.359 e. The molecule has 0 radical (unpaired) electrons. The fourth-order valence-electron chi connectivity index (χ4n) is 1.21. The molecule has 0 aliphatic carbocycles. The van der Waals surface area contributed by atoms with Gasteiger partial charge in [-0.3, -0.25) is 19.7 Å². The molecule has 9 heteroatoms. The minimum atomic E-state index is -0.676. The second kappa shape index (κ2) is 6.64. The summed E-state index contributed by atoms with van der Waals surface area (Å²) in [6, 6.07) is 1.03. The lowest BCUT2D eigenvalue weighted by Gasteiger charge is -2.05. The highest BCUT2D eigenvalue weighted by molar-refractivity contribution is 6.32. The number of carbonyl (C=O) groups is 2. The standard InChI is InChI=1S/C10H11ClN4O4/c1-12-8(16)2-3-13-10(17)7-4-6(15(18)19)5-14-9(7)11/h4-5H,2-3H2,1H3,(H,12,16)(H,13,17). The zero-order valence-corrected chi connectivity index (χ0v) is 10.7. The number of hydrogen-bond donors (Lipinski definition) is 2. The van der Waals surface area contributed by atoms with Gasteiger partial charge in [0.2, 0.25) is 5.91 Å². The van der Waals surface area contributed by atoms with Gasteiger partial charge in [0.15, 0.2) is 0 Å². The Morgan fingerprint density at radius 1 is 1.53 bits per heavy atom. The van der Waals surface area contributed by atoms with Crippen LogP contribution < -0.4 is 10.6 Å². The van der Waals surface area contributed by atoms with Crippen LogP contribution in [0.15, 0.2) is 12.3 Å². The Labute approximate surface area is 113 Å². The summed E-state index contributed by atoms with van der Waals surface area (Å²) >= 11 is 5.69. The third kappa shape index (κ3) is 4.18. The Bertz CT molecular complexity index is 520. The Kier molecular flexibility index (Phi) is 5.19. The van der Waals surface area contributed by atoms with Gasteiger partial charge in [-0.1, -0.05) is 11.6 Å². The summed E-state index contributed by atoms with van der Waals surface area (Å²) in [6.07, 6.45) is 1.06. The van der Waals surface area contributed by atoms with Gasteiger partial charge in [0.25, 0.3) is 11.6 Å². The number of amides is 2. The molecule has 0 spiro atoms. The monoisotopic (exact) mass is 286 g/mol. The largest absolute Gasteiger partial charge is 0.359 e. The number of rotatable bonds is 5. The Morgan fingerprint density at radius 3 is 2.79 bits per heavy atom. The summed E-state index contributed by atoms with van der Waals surface area (Å²) < 4.78 is 0. The van der Waals surface area contributed by atoms with Gasteiger partial charge in [0, 0.05) is 26.1 Å². The molecular weight excluding hydrogens is 276 g/mol. The maximum absolute atomic E-state index is 11.7. The SMILES string of the molecule is CNC(=O)CCNC(=O)c1cc([N+](=O)[O-])cnc1Cl. The number of carbonyl (C=O) groups excluding carboxylic acids is 2. The predicted octanol–water partition coefficient (Wildman–Crippen LogP) is 0.509. The van der Waals surface area contributed by atoms with Crippen molar-refractivity contribution in [2.45, 2.75) is 6.42 Å². The van der Waals surface area contributed by atoms with E-state index in [9.17, 15) is 19.7 Å². The molecular formula is C10H11ClN4O4. The van der Waals surface area contributed by atoms with Crippen LogP contribution in [0.2, 0.25) is 5.15 Å². The summed E-state index contributed by atoms with van der Waals surface area (Å²) in [5, 5.41) is 15.3. The lowest BCUT2D eigenvalue weighted by Crippen LogP contribution is -2.29. The molecule has 0 aliphatic rings. The summed E-state index contributed by atoms with van der Waals surface area (Å²) in [5.74, 6) is -0.853. The number of pyridine rings is 1. The third-order valence-electron chi connectivity index (χ3n) is 2.20. The van der Waals surface area contributed by atoms with Crippen molar-refractivity contribution in [3.05, 3.63) is 33.1 Å². The van der Waals surface area contributed by atoms with Crippen molar-refractivity contribution in [2.75, 3.05) is 13.6 Å². The molecule has 0 saturated carbocycles. The lowest BCUT2D eigenvalue weighted by atomic mass is 10.2. The average Bonchev–Trinajstić information content (AvgIpc) is 2.38. The first-order valence-corrected chi connectivity index (χ1v) is 5.62. The van der Waals surface area contributed by atoms with Crippen LogP contribution in [0.3, 0.4) is 0 Å². The molecule has 0 bridgehead atoms. The van der Waals surface area contributed by atoms with Crippen LogP contribution in [-0.2, 0) is 4.79 Å². The topological polar surface area (TPSA) is 114 Å².